The third-order valence-electron chi connectivity index (χ3n) is 6.65. The Labute approximate surface area is 205 Å². The number of methoxy groups -OCH3 is 1. The van der Waals surface area contributed by atoms with Crippen LogP contribution in [0.2, 0.25) is 5.02 Å². The summed E-state index contributed by atoms with van der Waals surface area (Å²) in [6, 6.07) is 0.267. The number of hydrogen-bond donors (Lipinski definition) is 0. The number of halogens is 1. The highest BCUT2D eigenvalue weighted by molar-refractivity contribution is 6.34. The van der Waals surface area contributed by atoms with Crippen LogP contribution in [0.25, 0.3) is 0 Å². The number of esters is 1. The number of likely N-dealkylation sites (N-methyl/N-ethyl adjacent to an activating group) is 1. The van der Waals surface area contributed by atoms with E-state index in [9.17, 15) is 9.59 Å². The van der Waals surface area contributed by atoms with Crippen LogP contribution < -0.4 is 9.64 Å². The fourth-order valence-electron chi connectivity index (χ4n) is 4.60. The molecule has 0 N–H and O–H groups in total. The van der Waals surface area contributed by atoms with Crippen molar-refractivity contribution >= 4 is 29.5 Å². The number of likely N-dealkylation sites (tertiary alicyclic amines) is 1. The standard InChI is InChI=1S/C23H34ClN5O5/c1-22(2,3)34-21(31)29-12-11-28(14-23(29)8-9-23)18-16(24)19(26-17(25-18)20(30)32-5)33-13-15-7-6-10-27(15)4/h15H,6-14H2,1-5H3/t15-/m0/s1. The van der Waals surface area contributed by atoms with E-state index in [0.717, 1.165) is 32.2 Å². The molecular weight excluding hydrogens is 462 g/mol. The van der Waals surface area contributed by atoms with E-state index < -0.39 is 11.6 Å². The first-order valence-corrected chi connectivity index (χ1v) is 12.2. The summed E-state index contributed by atoms with van der Waals surface area (Å²) in [4.78, 5) is 39.8. The third kappa shape index (κ3) is 5.17. The molecule has 0 aromatic carbocycles. The predicted octanol–water partition coefficient (Wildman–Crippen LogP) is 2.98. The summed E-state index contributed by atoms with van der Waals surface area (Å²) in [5.41, 5.74) is -0.886. The number of rotatable bonds is 5. The van der Waals surface area contributed by atoms with Crippen LogP contribution in [0.1, 0.15) is 57.1 Å². The maximum Gasteiger partial charge on any atom is 0.410 e. The highest BCUT2D eigenvalue weighted by atomic mass is 35.5. The molecule has 1 aromatic rings. The second-order valence-electron chi connectivity index (χ2n) is 10.3. The molecule has 4 rings (SSSR count). The van der Waals surface area contributed by atoms with Crippen molar-refractivity contribution in [2.24, 2.45) is 0 Å². The van der Waals surface area contributed by atoms with Crippen LogP contribution in [0, 0.1) is 0 Å². The number of hydrogen-bond acceptors (Lipinski definition) is 9. The van der Waals surface area contributed by atoms with Crippen molar-refractivity contribution in [2.75, 3.05) is 51.8 Å². The Morgan fingerprint density at radius 2 is 1.91 bits per heavy atom. The molecule has 1 spiro atoms. The first-order chi connectivity index (χ1) is 16.0. The van der Waals surface area contributed by atoms with Gasteiger partial charge < -0.3 is 24.0 Å². The molecular formula is C23H34ClN5O5. The summed E-state index contributed by atoms with van der Waals surface area (Å²) in [6.45, 7) is 8.52. The second kappa shape index (κ2) is 9.37. The van der Waals surface area contributed by atoms with E-state index in [1.807, 2.05) is 30.6 Å². The van der Waals surface area contributed by atoms with Crippen LogP contribution in [0.4, 0.5) is 10.6 Å². The number of carbonyl (C=O) groups excluding carboxylic acids is 2. The zero-order valence-corrected chi connectivity index (χ0v) is 21.4. The van der Waals surface area contributed by atoms with Gasteiger partial charge in [0.25, 0.3) is 0 Å². The number of carbonyl (C=O) groups is 2. The maximum absolute atomic E-state index is 12.8. The van der Waals surface area contributed by atoms with Gasteiger partial charge in [0.1, 0.15) is 17.2 Å². The first-order valence-electron chi connectivity index (χ1n) is 11.8. The van der Waals surface area contributed by atoms with Crippen molar-refractivity contribution in [3.8, 4) is 5.88 Å². The molecule has 1 amide bonds. The normalized spacial score (nSPS) is 22.1. The van der Waals surface area contributed by atoms with E-state index >= 15 is 0 Å². The Bertz CT molecular complexity index is 948. The lowest BCUT2D eigenvalue weighted by Gasteiger charge is -2.43. The first kappa shape index (κ1) is 24.8. The van der Waals surface area contributed by atoms with Crippen LogP contribution in [0.3, 0.4) is 0 Å². The lowest BCUT2D eigenvalue weighted by atomic mass is 10.1. The summed E-state index contributed by atoms with van der Waals surface area (Å²) in [5, 5.41) is 0.259. The van der Waals surface area contributed by atoms with Crippen molar-refractivity contribution in [1.29, 1.82) is 0 Å². The summed E-state index contributed by atoms with van der Waals surface area (Å²) in [7, 11) is 3.35. The van der Waals surface area contributed by atoms with Gasteiger partial charge in [-0.1, -0.05) is 11.6 Å². The Kier molecular flexibility index (Phi) is 6.83. The molecule has 0 radical (unpaired) electrons. The molecule has 2 aliphatic heterocycles. The lowest BCUT2D eigenvalue weighted by Crippen LogP contribution is -2.58. The van der Waals surface area contributed by atoms with E-state index in [0.29, 0.717) is 32.1 Å². The van der Waals surface area contributed by atoms with Crippen LogP contribution in [0.5, 0.6) is 5.88 Å². The van der Waals surface area contributed by atoms with Crippen molar-refractivity contribution in [2.45, 2.75) is 63.6 Å². The van der Waals surface area contributed by atoms with Gasteiger partial charge in [0, 0.05) is 25.7 Å². The highest BCUT2D eigenvalue weighted by Crippen LogP contribution is 2.46. The topological polar surface area (TPSA) is 97.3 Å². The van der Waals surface area contributed by atoms with E-state index in [2.05, 4.69) is 21.9 Å². The van der Waals surface area contributed by atoms with E-state index in [1.54, 1.807) is 0 Å². The molecule has 11 heteroatoms. The summed E-state index contributed by atoms with van der Waals surface area (Å²) < 4.78 is 16.5. The Morgan fingerprint density at radius 3 is 2.50 bits per heavy atom. The maximum atomic E-state index is 12.8. The van der Waals surface area contributed by atoms with E-state index in [-0.39, 0.29) is 34.4 Å². The largest absolute Gasteiger partial charge is 0.475 e. The zero-order valence-electron chi connectivity index (χ0n) is 20.6. The zero-order chi connectivity index (χ0) is 24.7. The summed E-state index contributed by atoms with van der Waals surface area (Å²) in [5.74, 6) is -0.167. The van der Waals surface area contributed by atoms with Crippen molar-refractivity contribution in [1.82, 2.24) is 19.8 Å². The Hall–Kier alpha value is -2.33. The summed E-state index contributed by atoms with van der Waals surface area (Å²) >= 11 is 6.72. The number of nitrogens with zero attached hydrogens (tertiary/aromatic N) is 5. The smallest absolute Gasteiger partial charge is 0.410 e. The number of anilines is 1. The minimum absolute atomic E-state index is 0.101. The monoisotopic (exact) mass is 495 g/mol. The van der Waals surface area contributed by atoms with Crippen molar-refractivity contribution in [3.05, 3.63) is 10.8 Å². The van der Waals surface area contributed by atoms with Gasteiger partial charge in [0.2, 0.25) is 11.7 Å². The molecule has 34 heavy (non-hydrogen) atoms. The van der Waals surface area contributed by atoms with Gasteiger partial charge in [-0.2, -0.15) is 4.98 Å². The van der Waals surface area contributed by atoms with Gasteiger partial charge in [0.05, 0.1) is 12.6 Å². The van der Waals surface area contributed by atoms with Crippen LogP contribution in [0.15, 0.2) is 0 Å². The number of amides is 1. The molecule has 10 nitrogen and oxygen atoms in total. The number of ether oxygens (including phenoxy) is 3. The molecule has 0 unspecified atom stereocenters. The van der Waals surface area contributed by atoms with Crippen LogP contribution >= 0.6 is 11.6 Å². The second-order valence-corrected chi connectivity index (χ2v) is 10.7. The quantitative estimate of drug-likeness (QED) is 0.571. The average Bonchev–Trinajstić information content (AvgIpc) is 3.40. The SMILES string of the molecule is COC(=O)c1nc(OC[C@@H]2CCCN2C)c(Cl)c(N2CCN(C(=O)OC(C)(C)C)C3(CC3)C2)n1. The van der Waals surface area contributed by atoms with Gasteiger partial charge in [0.15, 0.2) is 5.82 Å². The number of aromatic nitrogens is 2. The Balaban J connectivity index is 1.56. The molecule has 188 valence electrons. The average molecular weight is 496 g/mol. The van der Waals surface area contributed by atoms with E-state index in [4.69, 9.17) is 25.8 Å². The molecule has 1 aromatic heterocycles. The molecule has 3 fully saturated rings. The molecule has 0 bridgehead atoms. The lowest BCUT2D eigenvalue weighted by molar-refractivity contribution is 0.0106. The molecule has 3 aliphatic rings. The minimum atomic E-state index is -0.658. The fraction of sp³-hybridized carbons (Fsp3) is 0.739. The molecule has 2 saturated heterocycles. The van der Waals surface area contributed by atoms with Gasteiger partial charge >= 0.3 is 12.1 Å². The molecule has 3 heterocycles. The fourth-order valence-corrected chi connectivity index (χ4v) is 4.86. The third-order valence-corrected chi connectivity index (χ3v) is 6.98. The van der Waals surface area contributed by atoms with Gasteiger partial charge in [-0.25, -0.2) is 14.6 Å². The molecule has 1 atom stereocenters. The molecule has 1 aliphatic carbocycles. The van der Waals surface area contributed by atoms with Gasteiger partial charge in [-0.15, -0.1) is 0 Å². The minimum Gasteiger partial charge on any atom is -0.475 e. The van der Waals surface area contributed by atoms with Crippen molar-refractivity contribution < 1.29 is 23.8 Å². The summed E-state index contributed by atoms with van der Waals surface area (Å²) in [6.07, 6.45) is 3.58. The number of piperazine rings is 1. The van der Waals surface area contributed by atoms with Gasteiger partial charge in [-0.3, -0.25) is 4.90 Å². The van der Waals surface area contributed by atoms with Crippen LogP contribution in [-0.4, -0.2) is 96.0 Å². The van der Waals surface area contributed by atoms with Crippen molar-refractivity contribution in [3.63, 3.8) is 0 Å². The Morgan fingerprint density at radius 1 is 1.18 bits per heavy atom. The highest BCUT2D eigenvalue weighted by Gasteiger charge is 2.54. The molecule has 1 saturated carbocycles. The van der Waals surface area contributed by atoms with E-state index in [1.165, 1.54) is 7.11 Å². The van der Waals surface area contributed by atoms with Gasteiger partial charge in [-0.05, 0) is 60.0 Å². The predicted molar refractivity (Wildman–Crippen MR) is 127 cm³/mol. The van der Waals surface area contributed by atoms with Crippen LogP contribution in [-0.2, 0) is 9.47 Å².